The van der Waals surface area contributed by atoms with Crippen LogP contribution in [0.15, 0.2) is 18.2 Å². The molecule has 84 valence electrons. The van der Waals surface area contributed by atoms with Crippen molar-refractivity contribution in [2.45, 2.75) is 13.1 Å². The van der Waals surface area contributed by atoms with Crippen molar-refractivity contribution in [3.63, 3.8) is 0 Å². The molecule has 0 radical (unpaired) electrons. The van der Waals surface area contributed by atoms with Gasteiger partial charge in [-0.3, -0.25) is 0 Å². The van der Waals surface area contributed by atoms with Gasteiger partial charge < -0.3 is 12.9 Å². The van der Waals surface area contributed by atoms with Gasteiger partial charge >= 0.3 is 64.5 Å². The molecule has 0 N–H and O–H groups in total. The van der Waals surface area contributed by atoms with Gasteiger partial charge in [0.2, 0.25) is 0 Å². The molecular formula is C8H6BF6K. The summed E-state index contributed by atoms with van der Waals surface area (Å²) in [5.74, 6) is 0. The van der Waals surface area contributed by atoms with Crippen molar-refractivity contribution in [3.8, 4) is 0 Å². The fraction of sp³-hybridized carbons (Fsp3) is 0.250. The maximum atomic E-state index is 12.3. The van der Waals surface area contributed by atoms with E-state index in [2.05, 4.69) is 0 Å². The molecular weight excluding hydrogens is 260 g/mol. The van der Waals surface area contributed by atoms with Crippen molar-refractivity contribution in [1.82, 2.24) is 0 Å². The molecule has 0 heterocycles. The van der Waals surface area contributed by atoms with Crippen molar-refractivity contribution in [2.24, 2.45) is 0 Å². The van der Waals surface area contributed by atoms with E-state index in [1.807, 2.05) is 0 Å². The average Bonchev–Trinajstić information content (AvgIpc) is 2.00. The molecule has 0 unspecified atom stereocenters. The Bertz CT molecular complexity index is 370. The zero-order valence-electron chi connectivity index (χ0n) is 8.58. The molecule has 0 fully saturated rings. The Balaban J connectivity index is 0.00000225. The quantitative estimate of drug-likeness (QED) is 0.498. The summed E-state index contributed by atoms with van der Waals surface area (Å²) in [6.07, 6.45) is -4.97. The summed E-state index contributed by atoms with van der Waals surface area (Å²) in [5, 5.41) is 0. The maximum Gasteiger partial charge on any atom is 1.00 e. The molecule has 1 aromatic rings. The monoisotopic (exact) mass is 266 g/mol. The van der Waals surface area contributed by atoms with E-state index in [0.717, 1.165) is 6.07 Å². The number of aryl methyl sites for hydroxylation is 1. The number of hydrogen-bond acceptors (Lipinski definition) is 0. The van der Waals surface area contributed by atoms with Gasteiger partial charge in [0.05, 0.1) is 0 Å². The summed E-state index contributed by atoms with van der Waals surface area (Å²) >= 11 is 0. The van der Waals surface area contributed by atoms with Crippen molar-refractivity contribution >= 4 is 12.4 Å². The van der Waals surface area contributed by atoms with Gasteiger partial charge in [-0.2, -0.15) is 13.2 Å². The van der Waals surface area contributed by atoms with Gasteiger partial charge in [0, 0.05) is 5.56 Å². The van der Waals surface area contributed by atoms with Crippen LogP contribution < -0.4 is 56.8 Å². The normalized spacial score (nSPS) is 12.2. The summed E-state index contributed by atoms with van der Waals surface area (Å²) in [6, 6.07) is 1.98. The molecule has 1 rings (SSSR count). The van der Waals surface area contributed by atoms with Gasteiger partial charge in [-0.25, -0.2) is 0 Å². The van der Waals surface area contributed by atoms with Crippen LogP contribution in [0.1, 0.15) is 11.1 Å². The molecule has 0 aromatic heterocycles. The molecule has 0 bridgehead atoms. The van der Waals surface area contributed by atoms with E-state index in [9.17, 15) is 26.1 Å². The second-order valence-electron chi connectivity index (χ2n) is 3.16. The number of halogens is 6. The fourth-order valence-corrected chi connectivity index (χ4v) is 1.21. The number of alkyl halides is 3. The summed E-state index contributed by atoms with van der Waals surface area (Å²) in [7, 11) is 0. The molecule has 16 heavy (non-hydrogen) atoms. The third-order valence-electron chi connectivity index (χ3n) is 1.87. The predicted octanol–water partition coefficient (Wildman–Crippen LogP) is 0.0722. The summed E-state index contributed by atoms with van der Waals surface area (Å²) in [4.78, 5) is 0. The molecule has 0 aliphatic rings. The van der Waals surface area contributed by atoms with Crippen molar-refractivity contribution in [1.29, 1.82) is 0 Å². The smallest absolute Gasteiger partial charge is 0.445 e. The fourth-order valence-electron chi connectivity index (χ4n) is 1.21. The van der Waals surface area contributed by atoms with Crippen molar-refractivity contribution in [3.05, 3.63) is 29.3 Å². The van der Waals surface area contributed by atoms with Crippen molar-refractivity contribution < 1.29 is 77.5 Å². The Hall–Kier alpha value is 0.501. The van der Waals surface area contributed by atoms with E-state index < -0.39 is 24.2 Å². The molecule has 0 aliphatic heterocycles. The summed E-state index contributed by atoms with van der Waals surface area (Å²) < 4.78 is 73.6. The Morgan fingerprint density at radius 3 is 1.94 bits per heavy atom. The average molecular weight is 266 g/mol. The predicted molar refractivity (Wildman–Crippen MR) is 44.9 cm³/mol. The minimum absolute atomic E-state index is 0. The molecule has 0 saturated carbocycles. The van der Waals surface area contributed by atoms with Gasteiger partial charge in [-0.05, 0) is 6.92 Å². The van der Waals surface area contributed by atoms with Gasteiger partial charge in [0.15, 0.2) is 0 Å². The van der Waals surface area contributed by atoms with E-state index in [1.165, 1.54) is 6.92 Å². The molecule has 0 spiro atoms. The van der Waals surface area contributed by atoms with Crippen LogP contribution in [0.5, 0.6) is 0 Å². The zero-order valence-corrected chi connectivity index (χ0v) is 11.7. The molecule has 0 aliphatic carbocycles. The largest absolute Gasteiger partial charge is 1.00 e. The zero-order chi connectivity index (χ0) is 11.9. The van der Waals surface area contributed by atoms with E-state index in [4.69, 9.17) is 0 Å². The van der Waals surface area contributed by atoms with Crippen LogP contribution in [-0.2, 0) is 6.18 Å². The van der Waals surface area contributed by atoms with Gasteiger partial charge in [-0.15, -0.1) is 0 Å². The third kappa shape index (κ3) is 4.06. The summed E-state index contributed by atoms with van der Waals surface area (Å²) in [5.41, 5.74) is -3.06. The van der Waals surface area contributed by atoms with Crippen LogP contribution >= 0.6 is 0 Å². The first kappa shape index (κ1) is 16.5. The molecule has 0 saturated heterocycles. The van der Waals surface area contributed by atoms with Gasteiger partial charge in [0.25, 0.3) is 0 Å². The van der Waals surface area contributed by atoms with Crippen LogP contribution in [0.3, 0.4) is 0 Å². The standard InChI is InChI=1S/C8H6BF6.K/c1-5-2-3-6(8(10,11)12)7(4-5)9(13,14)15;/h2-4H,1H3;/q-1;+1. The van der Waals surface area contributed by atoms with E-state index >= 15 is 0 Å². The first-order valence-electron chi connectivity index (χ1n) is 4.00. The second-order valence-corrected chi connectivity index (χ2v) is 3.16. The Morgan fingerprint density at radius 2 is 1.56 bits per heavy atom. The van der Waals surface area contributed by atoms with Crippen molar-refractivity contribution in [2.75, 3.05) is 0 Å². The molecule has 0 amide bonds. The second kappa shape index (κ2) is 5.43. The molecule has 8 heteroatoms. The van der Waals surface area contributed by atoms with Gasteiger partial charge in [0.1, 0.15) is 0 Å². The van der Waals surface area contributed by atoms with Crippen LogP contribution in [0.2, 0.25) is 0 Å². The molecule has 0 nitrogen and oxygen atoms in total. The summed E-state index contributed by atoms with van der Waals surface area (Å²) in [6.45, 7) is -4.33. The molecule has 0 atom stereocenters. The number of benzene rings is 1. The SMILES string of the molecule is Cc1ccc(C(F)(F)F)c([B-](F)(F)F)c1.[K+]. The Labute approximate surface area is 131 Å². The first-order chi connectivity index (χ1) is 6.62. The van der Waals surface area contributed by atoms with E-state index in [0.29, 0.717) is 12.1 Å². The van der Waals surface area contributed by atoms with E-state index in [1.54, 1.807) is 0 Å². The maximum absolute atomic E-state index is 12.3. The van der Waals surface area contributed by atoms with Gasteiger partial charge in [-0.1, -0.05) is 29.2 Å². The van der Waals surface area contributed by atoms with Crippen LogP contribution in [-0.4, -0.2) is 6.98 Å². The van der Waals surface area contributed by atoms with E-state index in [-0.39, 0.29) is 56.9 Å². The Morgan fingerprint density at radius 1 is 1.06 bits per heavy atom. The first-order valence-corrected chi connectivity index (χ1v) is 4.00. The minimum atomic E-state index is -5.64. The molecule has 1 aromatic carbocycles. The third-order valence-corrected chi connectivity index (χ3v) is 1.87. The number of hydrogen-bond donors (Lipinski definition) is 0. The minimum Gasteiger partial charge on any atom is -0.445 e. The van der Waals surface area contributed by atoms with Crippen LogP contribution in [0.4, 0.5) is 26.1 Å². The van der Waals surface area contributed by atoms with Crippen LogP contribution in [0, 0.1) is 6.92 Å². The number of rotatable bonds is 1. The Kier molecular flexibility index (Phi) is 5.60. The topological polar surface area (TPSA) is 0 Å². The van der Waals surface area contributed by atoms with Crippen LogP contribution in [0.25, 0.3) is 0 Å².